The number of carbonyl (C=O) groups is 1. The molecule has 0 heterocycles. The predicted molar refractivity (Wildman–Crippen MR) is 85.8 cm³/mol. The lowest BCUT2D eigenvalue weighted by molar-refractivity contribution is -0.143. The van der Waals surface area contributed by atoms with E-state index in [-0.39, 0.29) is 10.3 Å². The first kappa shape index (κ1) is 19.8. The molecular formula is C16H22F3NO2S. The lowest BCUT2D eigenvalue weighted by Crippen LogP contribution is -2.37. The van der Waals surface area contributed by atoms with Gasteiger partial charge in [0, 0.05) is 16.7 Å². The van der Waals surface area contributed by atoms with E-state index in [0.29, 0.717) is 0 Å². The number of ether oxygens (including phenoxy) is 1. The predicted octanol–water partition coefficient (Wildman–Crippen LogP) is 4.49. The molecule has 1 N–H and O–H groups in total. The van der Waals surface area contributed by atoms with Gasteiger partial charge in [-0.25, -0.2) is 13.2 Å². The summed E-state index contributed by atoms with van der Waals surface area (Å²) in [6.45, 7) is 5.57. The highest BCUT2D eigenvalue weighted by molar-refractivity contribution is 7.98. The number of rotatable bonds is 7. The molecule has 1 aromatic carbocycles. The Balaban J connectivity index is 3.02. The van der Waals surface area contributed by atoms with E-state index in [1.165, 1.54) is 18.2 Å². The number of carbonyl (C=O) groups excluding carboxylic acids is 1. The molecule has 0 bridgehead atoms. The Morgan fingerprint density at radius 1 is 1.30 bits per heavy atom. The molecule has 1 aromatic rings. The van der Waals surface area contributed by atoms with Crippen LogP contribution < -0.4 is 4.72 Å². The van der Waals surface area contributed by atoms with Gasteiger partial charge in [-0.05, 0) is 26.8 Å². The number of nitrogens with one attached hydrogen (secondary N) is 1. The average molecular weight is 349 g/mol. The number of methoxy groups -OCH3 is 1. The number of alkyl halides is 2. The summed E-state index contributed by atoms with van der Waals surface area (Å²) in [6, 6.07) is 3.87. The standard InChI is InChI=1S/C16H22F3NO2S/c1-15(2,3)23-20-14(11-7-5-6-8-12(11)17)16(18,19)10-9-13(21)22-4/h5-8,14,20H,9-10H2,1-4H3. The van der Waals surface area contributed by atoms with Crippen LogP contribution in [0.4, 0.5) is 13.2 Å². The molecule has 1 unspecified atom stereocenters. The molecule has 0 saturated carbocycles. The third-order valence-electron chi connectivity index (χ3n) is 3.01. The van der Waals surface area contributed by atoms with Gasteiger partial charge in [-0.15, -0.1) is 0 Å². The van der Waals surface area contributed by atoms with Gasteiger partial charge in [0.15, 0.2) is 0 Å². The van der Waals surface area contributed by atoms with Crippen LogP contribution >= 0.6 is 11.9 Å². The summed E-state index contributed by atoms with van der Waals surface area (Å²) in [4.78, 5) is 11.1. The zero-order valence-corrected chi connectivity index (χ0v) is 14.5. The molecule has 0 radical (unpaired) electrons. The van der Waals surface area contributed by atoms with E-state index >= 15 is 0 Å². The molecule has 0 aliphatic carbocycles. The maximum Gasteiger partial charge on any atom is 0.305 e. The van der Waals surface area contributed by atoms with Gasteiger partial charge in [0.05, 0.1) is 13.5 Å². The zero-order valence-electron chi connectivity index (χ0n) is 13.7. The Labute approximate surface area is 139 Å². The van der Waals surface area contributed by atoms with Crippen LogP contribution in [-0.4, -0.2) is 23.7 Å². The summed E-state index contributed by atoms with van der Waals surface area (Å²) in [7, 11) is 1.14. The Kier molecular flexibility index (Phi) is 6.95. The molecule has 1 rings (SSSR count). The second kappa shape index (κ2) is 8.06. The van der Waals surface area contributed by atoms with E-state index in [0.717, 1.165) is 25.1 Å². The first-order valence-corrected chi connectivity index (χ1v) is 8.01. The fourth-order valence-electron chi connectivity index (χ4n) is 1.84. The number of esters is 1. The Hall–Kier alpha value is -1.21. The van der Waals surface area contributed by atoms with Gasteiger partial charge >= 0.3 is 5.97 Å². The molecule has 0 spiro atoms. The van der Waals surface area contributed by atoms with Crippen molar-refractivity contribution in [3.63, 3.8) is 0 Å². The van der Waals surface area contributed by atoms with Gasteiger partial charge in [-0.1, -0.05) is 30.1 Å². The van der Waals surface area contributed by atoms with Crippen LogP contribution in [0.25, 0.3) is 0 Å². The van der Waals surface area contributed by atoms with Gasteiger partial charge in [0.1, 0.15) is 11.9 Å². The van der Waals surface area contributed by atoms with Crippen LogP contribution in [0.15, 0.2) is 24.3 Å². The molecule has 0 amide bonds. The SMILES string of the molecule is COC(=O)CCC(F)(F)C(NSC(C)(C)C)c1ccccc1F. The van der Waals surface area contributed by atoms with Crippen LogP contribution in [0.2, 0.25) is 0 Å². The second-order valence-electron chi connectivity index (χ2n) is 6.12. The highest BCUT2D eigenvalue weighted by Gasteiger charge is 2.42. The maximum atomic E-state index is 14.6. The summed E-state index contributed by atoms with van der Waals surface area (Å²) in [5.74, 6) is -4.74. The van der Waals surface area contributed by atoms with E-state index in [1.54, 1.807) is 0 Å². The van der Waals surface area contributed by atoms with Gasteiger partial charge in [-0.2, -0.15) is 0 Å². The Morgan fingerprint density at radius 3 is 2.43 bits per heavy atom. The van der Waals surface area contributed by atoms with Crippen molar-refractivity contribution in [2.75, 3.05) is 7.11 Å². The largest absolute Gasteiger partial charge is 0.469 e. The normalized spacial score (nSPS) is 13.7. The number of hydrogen-bond donors (Lipinski definition) is 1. The van der Waals surface area contributed by atoms with Crippen LogP contribution in [0.5, 0.6) is 0 Å². The van der Waals surface area contributed by atoms with Crippen LogP contribution in [0.3, 0.4) is 0 Å². The monoisotopic (exact) mass is 349 g/mol. The van der Waals surface area contributed by atoms with E-state index < -0.39 is 36.6 Å². The molecule has 3 nitrogen and oxygen atoms in total. The quantitative estimate of drug-likeness (QED) is 0.581. The van der Waals surface area contributed by atoms with Crippen LogP contribution in [0, 0.1) is 5.82 Å². The molecule has 0 saturated heterocycles. The zero-order chi connectivity index (χ0) is 17.7. The fraction of sp³-hybridized carbons (Fsp3) is 0.562. The number of benzene rings is 1. The van der Waals surface area contributed by atoms with Crippen molar-refractivity contribution in [2.45, 2.75) is 50.3 Å². The molecule has 1 atom stereocenters. The molecule has 7 heteroatoms. The van der Waals surface area contributed by atoms with Gasteiger partial charge in [-0.3, -0.25) is 9.52 Å². The lowest BCUT2D eigenvalue weighted by Gasteiger charge is -2.30. The Morgan fingerprint density at radius 2 is 1.91 bits per heavy atom. The van der Waals surface area contributed by atoms with Crippen molar-refractivity contribution in [2.24, 2.45) is 0 Å². The third-order valence-corrected chi connectivity index (χ3v) is 3.98. The topological polar surface area (TPSA) is 38.3 Å². The minimum Gasteiger partial charge on any atom is -0.469 e. The highest BCUT2D eigenvalue weighted by Crippen LogP contribution is 2.39. The summed E-state index contributed by atoms with van der Waals surface area (Å²) in [6.07, 6.45) is -1.16. The lowest BCUT2D eigenvalue weighted by atomic mass is 9.97. The van der Waals surface area contributed by atoms with Crippen molar-refractivity contribution in [3.05, 3.63) is 35.6 Å². The van der Waals surface area contributed by atoms with E-state index in [2.05, 4.69) is 9.46 Å². The molecular weight excluding hydrogens is 327 g/mol. The van der Waals surface area contributed by atoms with Crippen molar-refractivity contribution >= 4 is 17.9 Å². The first-order chi connectivity index (χ1) is 10.6. The highest BCUT2D eigenvalue weighted by atomic mass is 32.2. The molecule has 23 heavy (non-hydrogen) atoms. The van der Waals surface area contributed by atoms with Crippen molar-refractivity contribution < 1.29 is 22.7 Å². The summed E-state index contributed by atoms with van der Waals surface area (Å²) >= 11 is 1.10. The van der Waals surface area contributed by atoms with Crippen molar-refractivity contribution in [1.82, 2.24) is 4.72 Å². The molecule has 0 aromatic heterocycles. The average Bonchev–Trinajstić information content (AvgIpc) is 2.45. The Bertz CT molecular complexity index is 532. The summed E-state index contributed by atoms with van der Waals surface area (Å²) in [5.41, 5.74) is -0.126. The van der Waals surface area contributed by atoms with Crippen molar-refractivity contribution in [3.8, 4) is 0 Å². The molecule has 0 fully saturated rings. The van der Waals surface area contributed by atoms with Crippen LogP contribution in [-0.2, 0) is 9.53 Å². The van der Waals surface area contributed by atoms with Gasteiger partial charge in [0.25, 0.3) is 5.92 Å². The third kappa shape index (κ3) is 6.43. The molecule has 0 aliphatic heterocycles. The maximum absolute atomic E-state index is 14.6. The molecule has 0 aliphatic rings. The minimum absolute atomic E-state index is 0.126. The van der Waals surface area contributed by atoms with E-state index in [4.69, 9.17) is 0 Å². The summed E-state index contributed by atoms with van der Waals surface area (Å²) in [5, 5.41) is 0. The second-order valence-corrected chi connectivity index (χ2v) is 7.79. The van der Waals surface area contributed by atoms with Crippen molar-refractivity contribution in [1.29, 1.82) is 0 Å². The van der Waals surface area contributed by atoms with Crippen LogP contribution in [0.1, 0.15) is 45.2 Å². The van der Waals surface area contributed by atoms with E-state index in [1.807, 2.05) is 20.8 Å². The number of hydrogen-bond acceptors (Lipinski definition) is 4. The molecule has 130 valence electrons. The summed E-state index contributed by atoms with van der Waals surface area (Å²) < 4.78 is 49.9. The first-order valence-electron chi connectivity index (χ1n) is 7.19. The minimum atomic E-state index is -3.31. The van der Waals surface area contributed by atoms with E-state index in [9.17, 15) is 18.0 Å². The van der Waals surface area contributed by atoms with Gasteiger partial charge < -0.3 is 4.74 Å². The fourth-order valence-corrected chi connectivity index (χ4v) is 2.61. The smallest absolute Gasteiger partial charge is 0.305 e. The number of halogens is 3. The van der Waals surface area contributed by atoms with Gasteiger partial charge in [0.2, 0.25) is 0 Å².